The summed E-state index contributed by atoms with van der Waals surface area (Å²) in [5.74, 6) is 0. The maximum atomic E-state index is 11.4. The highest BCUT2D eigenvalue weighted by Crippen LogP contribution is 2.44. The van der Waals surface area contributed by atoms with E-state index in [9.17, 15) is 4.79 Å². The summed E-state index contributed by atoms with van der Waals surface area (Å²) in [6.07, 6.45) is 4.17. The lowest BCUT2D eigenvalue weighted by molar-refractivity contribution is -0.115. The molecule has 17 heavy (non-hydrogen) atoms. The molecule has 0 radical (unpaired) electrons. The SMILES string of the molecule is O=CC1(c2cccc3ccc(Cl)cc23)CCC1. The molecule has 0 spiro atoms. The first-order chi connectivity index (χ1) is 8.25. The molecule has 0 aromatic heterocycles. The minimum absolute atomic E-state index is 0.260. The minimum Gasteiger partial charge on any atom is -0.302 e. The van der Waals surface area contributed by atoms with Gasteiger partial charge in [0.05, 0.1) is 5.41 Å². The predicted molar refractivity (Wildman–Crippen MR) is 70.6 cm³/mol. The van der Waals surface area contributed by atoms with Crippen LogP contribution in [0, 0.1) is 0 Å². The quantitative estimate of drug-likeness (QED) is 0.727. The van der Waals surface area contributed by atoms with Crippen LogP contribution in [0.25, 0.3) is 10.8 Å². The number of halogens is 1. The highest BCUT2D eigenvalue weighted by atomic mass is 35.5. The molecule has 1 saturated carbocycles. The second-order valence-electron chi connectivity index (χ2n) is 4.80. The fourth-order valence-electron chi connectivity index (χ4n) is 2.69. The normalized spacial score (nSPS) is 17.7. The maximum absolute atomic E-state index is 11.4. The van der Waals surface area contributed by atoms with E-state index in [1.165, 1.54) is 0 Å². The first-order valence-electron chi connectivity index (χ1n) is 5.90. The zero-order chi connectivity index (χ0) is 11.9. The van der Waals surface area contributed by atoms with Gasteiger partial charge in [0, 0.05) is 5.02 Å². The fraction of sp³-hybridized carbons (Fsp3) is 0.267. The Kier molecular flexibility index (Phi) is 2.44. The summed E-state index contributed by atoms with van der Waals surface area (Å²) in [4.78, 5) is 11.4. The zero-order valence-corrected chi connectivity index (χ0v) is 10.2. The number of carbonyl (C=O) groups is 1. The molecule has 1 nitrogen and oxygen atoms in total. The highest BCUT2D eigenvalue weighted by Gasteiger charge is 2.39. The Bertz CT molecular complexity index is 584. The highest BCUT2D eigenvalue weighted by molar-refractivity contribution is 6.31. The Balaban J connectivity index is 2.28. The first kappa shape index (κ1) is 10.8. The van der Waals surface area contributed by atoms with Gasteiger partial charge < -0.3 is 4.79 Å². The van der Waals surface area contributed by atoms with Crippen LogP contribution in [-0.2, 0) is 10.2 Å². The van der Waals surface area contributed by atoms with Crippen LogP contribution >= 0.6 is 11.6 Å². The van der Waals surface area contributed by atoms with Gasteiger partial charge in [-0.1, -0.05) is 42.3 Å². The Morgan fingerprint density at radius 2 is 2.00 bits per heavy atom. The molecule has 2 aromatic rings. The van der Waals surface area contributed by atoms with Gasteiger partial charge in [0.2, 0.25) is 0 Å². The smallest absolute Gasteiger partial charge is 0.130 e. The van der Waals surface area contributed by atoms with E-state index in [0.29, 0.717) is 0 Å². The van der Waals surface area contributed by atoms with E-state index in [1.54, 1.807) is 0 Å². The second-order valence-corrected chi connectivity index (χ2v) is 5.24. The van der Waals surface area contributed by atoms with E-state index < -0.39 is 0 Å². The number of carbonyl (C=O) groups excluding carboxylic acids is 1. The van der Waals surface area contributed by atoms with Crippen LogP contribution in [0.15, 0.2) is 36.4 Å². The van der Waals surface area contributed by atoms with Gasteiger partial charge in [-0.3, -0.25) is 0 Å². The predicted octanol–water partition coefficient (Wildman–Crippen LogP) is 4.11. The molecule has 0 unspecified atom stereocenters. The van der Waals surface area contributed by atoms with Crippen molar-refractivity contribution in [3.8, 4) is 0 Å². The van der Waals surface area contributed by atoms with Crippen molar-refractivity contribution in [2.75, 3.05) is 0 Å². The van der Waals surface area contributed by atoms with E-state index in [2.05, 4.69) is 12.1 Å². The van der Waals surface area contributed by atoms with Gasteiger partial charge in [-0.15, -0.1) is 0 Å². The third-order valence-corrected chi connectivity index (χ3v) is 4.09. The van der Waals surface area contributed by atoms with Crippen molar-refractivity contribution in [2.45, 2.75) is 24.7 Å². The largest absolute Gasteiger partial charge is 0.302 e. The first-order valence-corrected chi connectivity index (χ1v) is 6.28. The zero-order valence-electron chi connectivity index (χ0n) is 9.45. The van der Waals surface area contributed by atoms with E-state index >= 15 is 0 Å². The average Bonchev–Trinajstić information content (AvgIpc) is 2.29. The third kappa shape index (κ3) is 1.57. The van der Waals surface area contributed by atoms with Gasteiger partial charge >= 0.3 is 0 Å². The standard InChI is InChI=1S/C15H13ClO/c16-12-6-5-11-3-1-4-14(13(11)9-12)15(10-17)7-2-8-15/h1,3-6,9-10H,2,7-8H2. The number of rotatable bonds is 2. The number of benzene rings is 2. The molecule has 1 aliphatic carbocycles. The Morgan fingerprint density at radius 1 is 1.18 bits per heavy atom. The molecule has 1 aliphatic rings. The minimum atomic E-state index is -0.260. The van der Waals surface area contributed by atoms with Crippen molar-refractivity contribution < 1.29 is 4.79 Å². The molecule has 0 N–H and O–H groups in total. The molecule has 1 fully saturated rings. The van der Waals surface area contributed by atoms with Crippen molar-refractivity contribution in [2.24, 2.45) is 0 Å². The van der Waals surface area contributed by atoms with Crippen molar-refractivity contribution in [1.82, 2.24) is 0 Å². The van der Waals surface area contributed by atoms with Gasteiger partial charge in [0.1, 0.15) is 6.29 Å². The molecular formula is C15H13ClO. The molecule has 0 bridgehead atoms. The lowest BCUT2D eigenvalue weighted by Crippen LogP contribution is -2.35. The lowest BCUT2D eigenvalue weighted by Gasteiger charge is -2.38. The molecule has 0 aliphatic heterocycles. The van der Waals surface area contributed by atoms with Crippen LogP contribution < -0.4 is 0 Å². The van der Waals surface area contributed by atoms with E-state index in [0.717, 1.165) is 46.9 Å². The summed E-state index contributed by atoms with van der Waals surface area (Å²) in [6.45, 7) is 0. The Morgan fingerprint density at radius 3 is 2.65 bits per heavy atom. The van der Waals surface area contributed by atoms with Gasteiger partial charge in [0.25, 0.3) is 0 Å². The van der Waals surface area contributed by atoms with E-state index in [4.69, 9.17) is 11.6 Å². The molecule has 2 aromatic carbocycles. The topological polar surface area (TPSA) is 17.1 Å². The van der Waals surface area contributed by atoms with E-state index in [-0.39, 0.29) is 5.41 Å². The van der Waals surface area contributed by atoms with Gasteiger partial charge in [-0.2, -0.15) is 0 Å². The van der Waals surface area contributed by atoms with Crippen molar-refractivity contribution in [3.05, 3.63) is 47.0 Å². The van der Waals surface area contributed by atoms with Crippen LogP contribution in [0.1, 0.15) is 24.8 Å². The van der Waals surface area contributed by atoms with Crippen LogP contribution in [0.4, 0.5) is 0 Å². The van der Waals surface area contributed by atoms with Crippen LogP contribution in [0.3, 0.4) is 0 Å². The number of aldehydes is 1. The molecule has 0 saturated heterocycles. The second kappa shape index (κ2) is 3.85. The third-order valence-electron chi connectivity index (χ3n) is 3.85. The molecule has 86 valence electrons. The molecule has 3 rings (SSSR count). The summed E-state index contributed by atoms with van der Waals surface area (Å²) in [5.41, 5.74) is 0.878. The van der Waals surface area contributed by atoms with Gasteiger partial charge in [0.15, 0.2) is 0 Å². The Labute approximate surface area is 105 Å². The lowest BCUT2D eigenvalue weighted by atomic mass is 9.64. The fourth-order valence-corrected chi connectivity index (χ4v) is 2.86. The molecule has 0 heterocycles. The van der Waals surface area contributed by atoms with Gasteiger partial charge in [-0.05, 0) is 41.3 Å². The number of hydrogen-bond acceptors (Lipinski definition) is 1. The Hall–Kier alpha value is -1.34. The molecule has 0 atom stereocenters. The summed E-state index contributed by atoms with van der Waals surface area (Å²) >= 11 is 6.06. The summed E-state index contributed by atoms with van der Waals surface area (Å²) in [6, 6.07) is 12.0. The monoisotopic (exact) mass is 244 g/mol. The summed E-state index contributed by atoms with van der Waals surface area (Å²) < 4.78 is 0. The summed E-state index contributed by atoms with van der Waals surface area (Å²) in [7, 11) is 0. The van der Waals surface area contributed by atoms with Gasteiger partial charge in [-0.25, -0.2) is 0 Å². The van der Waals surface area contributed by atoms with E-state index in [1.807, 2.05) is 24.3 Å². The van der Waals surface area contributed by atoms with Crippen LogP contribution in [-0.4, -0.2) is 6.29 Å². The number of fused-ring (bicyclic) bond motifs is 1. The van der Waals surface area contributed by atoms with Crippen LogP contribution in [0.2, 0.25) is 5.02 Å². The van der Waals surface area contributed by atoms with Crippen molar-refractivity contribution in [1.29, 1.82) is 0 Å². The molecule has 0 amide bonds. The average molecular weight is 245 g/mol. The number of hydrogen-bond donors (Lipinski definition) is 0. The van der Waals surface area contributed by atoms with Crippen molar-refractivity contribution >= 4 is 28.7 Å². The van der Waals surface area contributed by atoms with Crippen LogP contribution in [0.5, 0.6) is 0 Å². The molecule has 2 heteroatoms. The maximum Gasteiger partial charge on any atom is 0.130 e. The molecular weight excluding hydrogens is 232 g/mol. The summed E-state index contributed by atoms with van der Waals surface area (Å²) in [5, 5.41) is 3.00. The van der Waals surface area contributed by atoms with Crippen molar-refractivity contribution in [3.63, 3.8) is 0 Å².